The predicted molar refractivity (Wildman–Crippen MR) is 64.9 cm³/mol. The summed E-state index contributed by atoms with van der Waals surface area (Å²) in [6.07, 6.45) is 0. The van der Waals surface area contributed by atoms with Crippen LogP contribution < -0.4 is 0 Å². The Bertz CT molecular complexity index is 62.2. The highest BCUT2D eigenvalue weighted by molar-refractivity contribution is 14.2. The molecule has 0 bridgehead atoms. The quantitative estimate of drug-likeness (QED) is 0.324. The summed E-state index contributed by atoms with van der Waals surface area (Å²) in [4.78, 5) is 0. The normalized spacial score (nSPS) is 12.0. The zero-order chi connectivity index (χ0) is 9.00. The van der Waals surface area contributed by atoms with Crippen molar-refractivity contribution in [3.63, 3.8) is 0 Å². The Balaban J connectivity index is 0. The molecule has 0 saturated carbocycles. The van der Waals surface area contributed by atoms with Gasteiger partial charge in [0.25, 0.3) is 0 Å². The molecule has 0 aromatic rings. The van der Waals surface area contributed by atoms with E-state index in [4.69, 9.17) is 0 Å². The molecule has 0 nitrogen and oxygen atoms in total. The molecular weight excluding hydrogens is 500 g/mol. The number of hydrogen-bond acceptors (Lipinski definition) is 0. The molecule has 0 radical (unpaired) electrons. The van der Waals surface area contributed by atoms with Crippen LogP contribution in [0.3, 0.4) is 0 Å². The predicted octanol–water partition coefficient (Wildman–Crippen LogP) is 4.92. The van der Waals surface area contributed by atoms with E-state index in [1.165, 1.54) is 13.8 Å². The standard InChI is InChI=1S/C2H3Br2F.C2H3FI2/c2*1-2(3,4)5/h2*1H3. The van der Waals surface area contributed by atoms with E-state index < -0.39 is 5.17 Å². The number of rotatable bonds is 0. The maximum Gasteiger partial charge on any atom is 0.216 e. The molecule has 0 aliphatic rings. The van der Waals surface area contributed by atoms with Gasteiger partial charge in [-0.2, -0.15) is 0 Å². The Labute approximate surface area is 103 Å². The van der Waals surface area contributed by atoms with Crippen molar-refractivity contribution in [1.82, 2.24) is 0 Å². The van der Waals surface area contributed by atoms with Gasteiger partial charge in [0, 0.05) is 0 Å². The van der Waals surface area contributed by atoms with Gasteiger partial charge in [-0.25, -0.2) is 8.78 Å². The number of hydrogen-bond donors (Lipinski definition) is 0. The summed E-state index contributed by atoms with van der Waals surface area (Å²) >= 11 is 8.64. The van der Waals surface area contributed by atoms with Crippen molar-refractivity contribution in [1.29, 1.82) is 0 Å². The summed E-state index contributed by atoms with van der Waals surface area (Å²) in [5.41, 5.74) is 0. The molecule has 0 heterocycles. The highest BCUT2D eigenvalue weighted by Gasteiger charge is 2.08. The molecule has 0 fully saturated rings. The Morgan fingerprint density at radius 2 is 1.10 bits per heavy atom. The topological polar surface area (TPSA) is 0 Å². The van der Waals surface area contributed by atoms with Gasteiger partial charge < -0.3 is 0 Å². The van der Waals surface area contributed by atoms with E-state index in [0.29, 0.717) is 0 Å². The Morgan fingerprint density at radius 3 is 1.10 bits per heavy atom. The van der Waals surface area contributed by atoms with Crippen molar-refractivity contribution < 1.29 is 8.78 Å². The summed E-state index contributed by atoms with van der Waals surface area (Å²) in [6.45, 7) is 2.85. The van der Waals surface area contributed by atoms with Gasteiger partial charge in [-0.1, -0.05) is 0 Å². The van der Waals surface area contributed by atoms with Gasteiger partial charge in [-0.15, -0.1) is 0 Å². The van der Waals surface area contributed by atoms with Crippen molar-refractivity contribution in [2.24, 2.45) is 0 Å². The molecule has 64 valence electrons. The van der Waals surface area contributed by atoms with Crippen molar-refractivity contribution >= 4 is 77.0 Å². The van der Waals surface area contributed by atoms with Crippen LogP contribution in [0, 0.1) is 0 Å². The maximum atomic E-state index is 11.7. The molecule has 0 N–H and O–H groups in total. The second-order valence-corrected chi connectivity index (χ2v) is 11.7. The highest BCUT2D eigenvalue weighted by atomic mass is 127. The minimum Gasteiger partial charge on any atom is -0.221 e. The van der Waals surface area contributed by atoms with E-state index in [-0.39, 0.29) is 0 Å². The van der Waals surface area contributed by atoms with Crippen LogP contribution in [0.4, 0.5) is 8.78 Å². The average Bonchev–Trinajstić information content (AvgIpc) is 1.12. The second kappa shape index (κ2) is 5.85. The molecule has 10 heavy (non-hydrogen) atoms. The van der Waals surface area contributed by atoms with Crippen LogP contribution in [0.5, 0.6) is 0 Å². The van der Waals surface area contributed by atoms with E-state index >= 15 is 0 Å². The largest absolute Gasteiger partial charge is 0.221 e. The Morgan fingerprint density at radius 1 is 1.10 bits per heavy atom. The summed E-state index contributed by atoms with van der Waals surface area (Å²) in [5, 5.41) is 0. The Hall–Kier alpha value is 2.28. The van der Waals surface area contributed by atoms with Gasteiger partial charge in [0.15, 0.2) is 0 Å². The zero-order valence-electron chi connectivity index (χ0n) is 5.27. The van der Waals surface area contributed by atoms with E-state index in [9.17, 15) is 8.78 Å². The van der Waals surface area contributed by atoms with E-state index in [1.807, 2.05) is 0 Å². The molecule has 0 amide bonds. The third-order valence-corrected chi connectivity index (χ3v) is 0. The first-order chi connectivity index (χ1) is 4.00. The first-order valence-electron chi connectivity index (χ1n) is 2.13. The van der Waals surface area contributed by atoms with Gasteiger partial charge in [0.05, 0.1) is 0 Å². The Kier molecular flexibility index (Phi) is 8.64. The minimum atomic E-state index is -1.38. The second-order valence-electron chi connectivity index (χ2n) is 1.56. The molecule has 6 heteroatoms. The third-order valence-electron chi connectivity index (χ3n) is 0. The molecule has 0 atom stereocenters. The lowest BCUT2D eigenvalue weighted by Crippen LogP contribution is -1.87. The third kappa shape index (κ3) is 170. The van der Waals surface area contributed by atoms with Crippen LogP contribution in [-0.2, 0) is 0 Å². The molecule has 0 aliphatic carbocycles. The van der Waals surface area contributed by atoms with Gasteiger partial charge in [-0.3, -0.25) is 0 Å². The van der Waals surface area contributed by atoms with Crippen LogP contribution in [0.25, 0.3) is 0 Å². The summed E-state index contributed by atoms with van der Waals surface area (Å²) in [6, 6.07) is 0. The SMILES string of the molecule is CC(F)(Br)Br.CC(F)(I)I. The lowest BCUT2D eigenvalue weighted by atomic mass is 10.9. The van der Waals surface area contributed by atoms with Crippen molar-refractivity contribution in [3.05, 3.63) is 0 Å². The van der Waals surface area contributed by atoms with Gasteiger partial charge >= 0.3 is 0 Å². The van der Waals surface area contributed by atoms with Crippen molar-refractivity contribution in [2.45, 2.75) is 19.0 Å². The fraction of sp³-hybridized carbons (Fsp3) is 1.00. The molecule has 0 aliphatic heterocycles. The van der Waals surface area contributed by atoms with Crippen LogP contribution >= 0.6 is 77.0 Å². The van der Waals surface area contributed by atoms with Crippen molar-refractivity contribution in [3.8, 4) is 0 Å². The summed E-state index contributed by atoms with van der Waals surface area (Å²) in [5.74, 6) is 0. The van der Waals surface area contributed by atoms with Crippen LogP contribution in [0.2, 0.25) is 0 Å². The molecule has 0 saturated heterocycles. The minimum absolute atomic E-state index is 1.06. The van der Waals surface area contributed by atoms with Crippen LogP contribution in [-0.4, -0.2) is 5.17 Å². The molecule has 0 aromatic heterocycles. The van der Waals surface area contributed by atoms with Crippen LogP contribution in [0.1, 0.15) is 13.8 Å². The molecule has 0 spiro atoms. The van der Waals surface area contributed by atoms with E-state index in [1.54, 1.807) is 45.2 Å². The van der Waals surface area contributed by atoms with Gasteiger partial charge in [-0.05, 0) is 90.9 Å². The van der Waals surface area contributed by atoms with Gasteiger partial charge in [0.2, 0.25) is 5.17 Å². The maximum absolute atomic E-state index is 11.7. The average molecular weight is 506 g/mol. The van der Waals surface area contributed by atoms with Gasteiger partial charge in [0.1, 0.15) is 0 Å². The smallest absolute Gasteiger partial charge is 0.216 e. The first kappa shape index (κ1) is 14.8. The molecule has 0 aromatic carbocycles. The monoisotopic (exact) mass is 504 g/mol. The highest BCUT2D eigenvalue weighted by Crippen LogP contribution is 2.27. The molecule has 0 rings (SSSR count). The number of alkyl halides is 6. The van der Waals surface area contributed by atoms with Crippen molar-refractivity contribution in [2.75, 3.05) is 0 Å². The van der Waals surface area contributed by atoms with E-state index in [0.717, 1.165) is 0 Å². The molecular formula is C4H6Br2F2I2. The summed E-state index contributed by atoms with van der Waals surface area (Å²) in [7, 11) is 0. The molecule has 0 unspecified atom stereocenters. The fourth-order valence-electron chi connectivity index (χ4n) is 0. The lowest BCUT2D eigenvalue weighted by Gasteiger charge is -1.94. The first-order valence-corrected chi connectivity index (χ1v) is 5.88. The summed E-state index contributed by atoms with van der Waals surface area (Å²) < 4.78 is 20.7. The fourth-order valence-corrected chi connectivity index (χ4v) is 0. The zero-order valence-corrected chi connectivity index (χ0v) is 12.8. The lowest BCUT2D eigenvalue weighted by molar-refractivity contribution is 0.461. The van der Waals surface area contributed by atoms with E-state index in [2.05, 4.69) is 31.9 Å². The number of halogens is 6. The van der Waals surface area contributed by atoms with Crippen LogP contribution in [0.15, 0.2) is 0 Å².